The number of carbonyl (C=O) groups is 2. The third-order valence-corrected chi connectivity index (χ3v) is 5.87. The monoisotopic (exact) mass is 465 g/mol. The number of carbonyl (C=O) groups excluding carboxylic acids is 2. The number of ether oxygens (including phenoxy) is 3. The molecular weight excluding hydrogens is 438 g/mol. The molecule has 178 valence electrons. The first-order chi connectivity index (χ1) is 16.5. The van der Waals surface area contributed by atoms with Gasteiger partial charge in [0.25, 0.3) is 5.91 Å². The van der Waals surface area contributed by atoms with Gasteiger partial charge in [0.2, 0.25) is 11.7 Å². The summed E-state index contributed by atoms with van der Waals surface area (Å²) in [5.74, 6) is 0.934. The van der Waals surface area contributed by atoms with Crippen molar-refractivity contribution < 1.29 is 23.8 Å². The molecule has 34 heavy (non-hydrogen) atoms. The van der Waals surface area contributed by atoms with Gasteiger partial charge in [0.15, 0.2) is 11.5 Å². The predicted octanol–water partition coefficient (Wildman–Crippen LogP) is 2.99. The highest BCUT2D eigenvalue weighted by Gasteiger charge is 2.29. The summed E-state index contributed by atoms with van der Waals surface area (Å²) < 4.78 is 16.0. The molecule has 1 fully saturated rings. The number of hydrogen-bond acceptors (Lipinski definition) is 7. The van der Waals surface area contributed by atoms with E-state index >= 15 is 0 Å². The fraction of sp³-hybridized carbons (Fsp3) is 0.333. The summed E-state index contributed by atoms with van der Waals surface area (Å²) in [6.07, 6.45) is 4.49. The van der Waals surface area contributed by atoms with Crippen LogP contribution in [0.15, 0.2) is 42.7 Å². The van der Waals surface area contributed by atoms with Crippen LogP contribution >= 0.6 is 0 Å². The molecule has 2 amide bonds. The third-order valence-electron chi connectivity index (χ3n) is 5.87. The van der Waals surface area contributed by atoms with Crippen LogP contribution < -0.4 is 19.5 Å². The van der Waals surface area contributed by atoms with E-state index in [1.165, 1.54) is 21.3 Å². The molecule has 2 N–H and O–H groups in total. The van der Waals surface area contributed by atoms with Crippen LogP contribution in [0.4, 0.5) is 5.69 Å². The van der Waals surface area contributed by atoms with Crippen LogP contribution in [0, 0.1) is 5.92 Å². The lowest BCUT2D eigenvalue weighted by Gasteiger charge is -2.31. The second-order valence-corrected chi connectivity index (χ2v) is 7.87. The van der Waals surface area contributed by atoms with Gasteiger partial charge in [-0.3, -0.25) is 19.7 Å². The number of benzene rings is 1. The number of H-pyrrole nitrogens is 1. The second kappa shape index (κ2) is 10.2. The van der Waals surface area contributed by atoms with Crippen molar-refractivity contribution in [1.82, 2.24) is 20.1 Å². The number of methoxy groups -OCH3 is 3. The molecule has 3 aromatic rings. The maximum atomic E-state index is 12.9. The van der Waals surface area contributed by atoms with Crippen LogP contribution in [0.25, 0.3) is 11.3 Å². The van der Waals surface area contributed by atoms with Crippen molar-refractivity contribution in [3.05, 3.63) is 48.4 Å². The third kappa shape index (κ3) is 4.80. The summed E-state index contributed by atoms with van der Waals surface area (Å²) in [4.78, 5) is 31.5. The van der Waals surface area contributed by atoms with Crippen molar-refractivity contribution in [1.29, 1.82) is 0 Å². The molecule has 2 aromatic heterocycles. The normalized spacial score (nSPS) is 13.9. The van der Waals surface area contributed by atoms with Crippen LogP contribution in [-0.4, -0.2) is 66.3 Å². The van der Waals surface area contributed by atoms with Gasteiger partial charge in [0, 0.05) is 54.8 Å². The minimum Gasteiger partial charge on any atom is -0.493 e. The van der Waals surface area contributed by atoms with E-state index in [-0.39, 0.29) is 17.7 Å². The molecule has 0 saturated carbocycles. The number of piperidine rings is 1. The van der Waals surface area contributed by atoms with E-state index in [9.17, 15) is 9.59 Å². The minimum absolute atomic E-state index is 0.108. The maximum Gasteiger partial charge on any atom is 0.271 e. The number of rotatable bonds is 7. The SMILES string of the molecule is COc1cc(NC(=O)C2CCN(C(=O)c3cc(-c4ccncc4)n[nH]3)CC2)cc(OC)c1OC. The Kier molecular flexibility index (Phi) is 6.95. The molecule has 0 bridgehead atoms. The van der Waals surface area contributed by atoms with E-state index in [2.05, 4.69) is 20.5 Å². The van der Waals surface area contributed by atoms with Crippen molar-refractivity contribution in [2.45, 2.75) is 12.8 Å². The first-order valence-electron chi connectivity index (χ1n) is 10.9. The molecule has 1 saturated heterocycles. The van der Waals surface area contributed by atoms with E-state index in [1.807, 2.05) is 12.1 Å². The molecule has 0 radical (unpaired) electrons. The maximum absolute atomic E-state index is 12.9. The van der Waals surface area contributed by atoms with Gasteiger partial charge in [0.05, 0.1) is 27.0 Å². The van der Waals surface area contributed by atoms with Gasteiger partial charge in [-0.15, -0.1) is 0 Å². The Balaban J connectivity index is 1.36. The van der Waals surface area contributed by atoms with Crippen LogP contribution in [-0.2, 0) is 4.79 Å². The zero-order valence-electron chi connectivity index (χ0n) is 19.3. The molecule has 0 unspecified atom stereocenters. The van der Waals surface area contributed by atoms with Gasteiger partial charge in [-0.2, -0.15) is 5.10 Å². The first-order valence-corrected chi connectivity index (χ1v) is 10.9. The first kappa shape index (κ1) is 23.1. The van der Waals surface area contributed by atoms with E-state index in [0.29, 0.717) is 60.3 Å². The van der Waals surface area contributed by atoms with Gasteiger partial charge in [-0.05, 0) is 31.0 Å². The molecule has 3 heterocycles. The number of hydrogen-bond donors (Lipinski definition) is 2. The summed E-state index contributed by atoms with van der Waals surface area (Å²) in [5, 5.41) is 9.99. The molecule has 1 aliphatic heterocycles. The second-order valence-electron chi connectivity index (χ2n) is 7.87. The average molecular weight is 466 g/mol. The molecule has 10 nitrogen and oxygen atoms in total. The van der Waals surface area contributed by atoms with Gasteiger partial charge in [-0.1, -0.05) is 0 Å². The zero-order chi connectivity index (χ0) is 24.1. The van der Waals surface area contributed by atoms with E-state index in [0.717, 1.165) is 5.56 Å². The Labute approximate surface area is 197 Å². The summed E-state index contributed by atoms with van der Waals surface area (Å²) in [5.41, 5.74) is 2.55. The number of nitrogens with one attached hydrogen (secondary N) is 2. The molecule has 0 atom stereocenters. The highest BCUT2D eigenvalue weighted by atomic mass is 16.5. The van der Waals surface area contributed by atoms with Gasteiger partial charge in [0.1, 0.15) is 5.69 Å². The van der Waals surface area contributed by atoms with Gasteiger partial charge < -0.3 is 24.4 Å². The van der Waals surface area contributed by atoms with Gasteiger partial charge in [-0.25, -0.2) is 0 Å². The number of aromatic amines is 1. The Morgan fingerprint density at radius 3 is 2.24 bits per heavy atom. The molecule has 4 rings (SSSR count). The van der Waals surface area contributed by atoms with Crippen molar-refractivity contribution in [2.24, 2.45) is 5.92 Å². The Bertz CT molecular complexity index is 1130. The topological polar surface area (TPSA) is 119 Å². The Morgan fingerprint density at radius 1 is 1.00 bits per heavy atom. The average Bonchev–Trinajstić information content (AvgIpc) is 3.38. The van der Waals surface area contributed by atoms with E-state index < -0.39 is 0 Å². The number of anilines is 1. The van der Waals surface area contributed by atoms with Crippen LogP contribution in [0.1, 0.15) is 23.3 Å². The Morgan fingerprint density at radius 2 is 1.65 bits per heavy atom. The number of likely N-dealkylation sites (tertiary alicyclic amines) is 1. The standard InChI is InChI=1S/C24H27N5O5/c1-32-20-12-17(13-21(33-2)22(20)34-3)26-23(30)16-6-10-29(11-7-16)24(31)19-14-18(27-28-19)15-4-8-25-9-5-15/h4-5,8-9,12-14,16H,6-7,10-11H2,1-3H3,(H,26,30)(H,27,28). The lowest BCUT2D eigenvalue weighted by Crippen LogP contribution is -2.41. The summed E-state index contributed by atoms with van der Waals surface area (Å²) in [7, 11) is 4.57. The fourth-order valence-electron chi connectivity index (χ4n) is 4.01. The highest BCUT2D eigenvalue weighted by Crippen LogP contribution is 2.40. The molecule has 0 spiro atoms. The smallest absolute Gasteiger partial charge is 0.271 e. The van der Waals surface area contributed by atoms with Crippen molar-refractivity contribution >= 4 is 17.5 Å². The molecular formula is C24H27N5O5. The van der Waals surface area contributed by atoms with Crippen LogP contribution in [0.5, 0.6) is 17.2 Å². The number of amides is 2. The van der Waals surface area contributed by atoms with Crippen LogP contribution in [0.2, 0.25) is 0 Å². The van der Waals surface area contributed by atoms with Crippen LogP contribution in [0.3, 0.4) is 0 Å². The molecule has 10 heteroatoms. The number of nitrogens with zero attached hydrogens (tertiary/aromatic N) is 3. The van der Waals surface area contributed by atoms with Gasteiger partial charge >= 0.3 is 0 Å². The molecule has 1 aliphatic rings. The lowest BCUT2D eigenvalue weighted by molar-refractivity contribution is -0.121. The van der Waals surface area contributed by atoms with Crippen molar-refractivity contribution in [3.8, 4) is 28.5 Å². The quantitative estimate of drug-likeness (QED) is 0.551. The Hall–Kier alpha value is -4.08. The largest absolute Gasteiger partial charge is 0.493 e. The zero-order valence-corrected chi connectivity index (χ0v) is 19.3. The van der Waals surface area contributed by atoms with E-state index in [4.69, 9.17) is 14.2 Å². The molecule has 0 aliphatic carbocycles. The van der Waals surface area contributed by atoms with Crippen molar-refractivity contribution in [2.75, 3.05) is 39.7 Å². The molecule has 1 aromatic carbocycles. The summed E-state index contributed by atoms with van der Waals surface area (Å²) in [6.45, 7) is 0.964. The highest BCUT2D eigenvalue weighted by molar-refractivity contribution is 5.95. The summed E-state index contributed by atoms with van der Waals surface area (Å²) in [6, 6.07) is 8.79. The summed E-state index contributed by atoms with van der Waals surface area (Å²) >= 11 is 0. The minimum atomic E-state index is -0.211. The van der Waals surface area contributed by atoms with E-state index in [1.54, 1.807) is 35.5 Å². The predicted molar refractivity (Wildman–Crippen MR) is 125 cm³/mol. The van der Waals surface area contributed by atoms with Crippen molar-refractivity contribution in [3.63, 3.8) is 0 Å². The number of aromatic nitrogens is 3. The fourth-order valence-corrected chi connectivity index (χ4v) is 4.01. The lowest BCUT2D eigenvalue weighted by atomic mass is 9.95. The number of pyridine rings is 1.